The molecule has 5 aromatic rings. The highest BCUT2D eigenvalue weighted by Crippen LogP contribution is 2.29. The highest BCUT2D eigenvalue weighted by atomic mass is 79.9. The Labute approximate surface area is 184 Å². The predicted molar refractivity (Wildman–Crippen MR) is 123 cm³/mol. The van der Waals surface area contributed by atoms with Crippen LogP contribution in [0.5, 0.6) is 0 Å². The molecule has 0 N–H and O–H groups in total. The number of hydrogen-bond donors (Lipinski definition) is 0. The number of halogens is 1. The molecular weight excluding hydrogens is 456 g/mol. The smallest absolute Gasteiger partial charge is 0.282 e. The van der Waals surface area contributed by atoms with E-state index in [9.17, 15) is 4.79 Å². The van der Waals surface area contributed by atoms with Crippen LogP contribution < -0.4 is 5.56 Å². The van der Waals surface area contributed by atoms with Crippen LogP contribution in [0.25, 0.3) is 33.5 Å². The molecule has 5 rings (SSSR count). The number of furan rings is 1. The predicted octanol–water partition coefficient (Wildman–Crippen LogP) is 5.33. The lowest BCUT2D eigenvalue weighted by Gasteiger charge is -2.07. The zero-order valence-electron chi connectivity index (χ0n) is 16.0. The van der Waals surface area contributed by atoms with Crippen molar-refractivity contribution in [3.63, 3.8) is 0 Å². The van der Waals surface area contributed by atoms with Gasteiger partial charge in [-0.1, -0.05) is 40.2 Å². The number of nitrogens with zero attached hydrogens (tertiary/aromatic N) is 4. The number of rotatable bonds is 3. The number of aromatic nitrogens is 2. The average Bonchev–Trinajstić information content (AvgIpc) is 3.22. The molecule has 3 aromatic carbocycles. The van der Waals surface area contributed by atoms with E-state index < -0.39 is 0 Å². The van der Waals surface area contributed by atoms with Gasteiger partial charge in [0.05, 0.1) is 28.8 Å². The van der Waals surface area contributed by atoms with Crippen LogP contribution in [0.4, 0.5) is 0 Å². The molecule has 0 amide bonds. The summed E-state index contributed by atoms with van der Waals surface area (Å²) in [6.07, 6.45) is 1.56. The summed E-state index contributed by atoms with van der Waals surface area (Å²) in [6.45, 7) is 0. The third kappa shape index (κ3) is 3.54. The topological polar surface area (TPSA) is 84.2 Å². The van der Waals surface area contributed by atoms with Gasteiger partial charge in [-0.05, 0) is 54.1 Å². The zero-order valence-corrected chi connectivity index (χ0v) is 17.6. The van der Waals surface area contributed by atoms with Crippen molar-refractivity contribution >= 4 is 44.0 Å². The van der Waals surface area contributed by atoms with E-state index in [1.54, 1.807) is 48.7 Å². The molecule has 0 atom stereocenters. The van der Waals surface area contributed by atoms with Gasteiger partial charge in [-0.3, -0.25) is 4.79 Å². The molecule has 0 aliphatic rings. The standard InChI is InChI=1S/C24H13BrN4O2/c25-18-9-10-21-17(11-18)12-22(31-21)23-28-20-4-2-1-3-19(20)24(30)29(23)27-14-16-7-5-15(13-26)6-8-16/h1-12,14H. The van der Waals surface area contributed by atoms with Gasteiger partial charge in [-0.25, -0.2) is 4.98 Å². The molecule has 0 radical (unpaired) electrons. The maximum atomic E-state index is 13.2. The monoisotopic (exact) mass is 468 g/mol. The van der Waals surface area contributed by atoms with Gasteiger partial charge >= 0.3 is 0 Å². The summed E-state index contributed by atoms with van der Waals surface area (Å²) in [6, 6.07) is 23.6. The first-order valence-electron chi connectivity index (χ1n) is 9.38. The molecular formula is C24H13BrN4O2. The first-order valence-corrected chi connectivity index (χ1v) is 10.2. The fourth-order valence-electron chi connectivity index (χ4n) is 3.28. The fraction of sp³-hybridized carbons (Fsp3) is 0. The summed E-state index contributed by atoms with van der Waals surface area (Å²) < 4.78 is 8.15. The first kappa shape index (κ1) is 19.0. The summed E-state index contributed by atoms with van der Waals surface area (Å²) in [5.74, 6) is 0.744. The van der Waals surface area contributed by atoms with Crippen molar-refractivity contribution in [1.29, 1.82) is 5.26 Å². The molecule has 2 aromatic heterocycles. The van der Waals surface area contributed by atoms with Crippen LogP contribution in [-0.2, 0) is 0 Å². The third-order valence-corrected chi connectivity index (χ3v) is 5.31. The highest BCUT2D eigenvalue weighted by Gasteiger charge is 2.16. The molecule has 6 nitrogen and oxygen atoms in total. The van der Waals surface area contributed by atoms with Gasteiger partial charge in [0.2, 0.25) is 5.82 Å². The number of para-hydroxylation sites is 1. The van der Waals surface area contributed by atoms with Crippen molar-refractivity contribution in [2.75, 3.05) is 0 Å². The summed E-state index contributed by atoms with van der Waals surface area (Å²) >= 11 is 3.46. The van der Waals surface area contributed by atoms with Crippen LogP contribution in [0.2, 0.25) is 0 Å². The second-order valence-corrected chi connectivity index (χ2v) is 7.76. The van der Waals surface area contributed by atoms with E-state index in [0.717, 1.165) is 15.4 Å². The van der Waals surface area contributed by atoms with Gasteiger partial charge in [0, 0.05) is 9.86 Å². The quantitative estimate of drug-likeness (QED) is 0.335. The minimum Gasteiger partial charge on any atom is -0.453 e. The minimum absolute atomic E-state index is 0.299. The van der Waals surface area contributed by atoms with Crippen molar-refractivity contribution in [3.05, 3.63) is 98.7 Å². The SMILES string of the molecule is N#Cc1ccc(C=Nn2c(-c3cc4cc(Br)ccc4o3)nc3ccccc3c2=O)cc1. The molecule has 0 saturated carbocycles. The van der Waals surface area contributed by atoms with Crippen LogP contribution in [-0.4, -0.2) is 15.9 Å². The average molecular weight is 469 g/mol. The van der Waals surface area contributed by atoms with Crippen molar-refractivity contribution < 1.29 is 4.42 Å². The van der Waals surface area contributed by atoms with E-state index >= 15 is 0 Å². The summed E-state index contributed by atoms with van der Waals surface area (Å²) in [4.78, 5) is 17.9. The van der Waals surface area contributed by atoms with Gasteiger partial charge in [0.25, 0.3) is 5.56 Å². The molecule has 0 aliphatic heterocycles. The van der Waals surface area contributed by atoms with E-state index in [1.165, 1.54) is 4.68 Å². The lowest BCUT2D eigenvalue weighted by Crippen LogP contribution is -2.20. The molecule has 0 unspecified atom stereocenters. The van der Waals surface area contributed by atoms with Gasteiger partial charge in [0.15, 0.2) is 5.76 Å². The number of nitriles is 1. The van der Waals surface area contributed by atoms with E-state index in [-0.39, 0.29) is 5.56 Å². The summed E-state index contributed by atoms with van der Waals surface area (Å²) in [7, 11) is 0. The molecule has 0 aliphatic carbocycles. The van der Waals surface area contributed by atoms with Crippen molar-refractivity contribution in [1.82, 2.24) is 9.66 Å². The Kier molecular flexibility index (Phi) is 4.69. The highest BCUT2D eigenvalue weighted by molar-refractivity contribution is 9.10. The lowest BCUT2D eigenvalue weighted by molar-refractivity contribution is 0.616. The summed E-state index contributed by atoms with van der Waals surface area (Å²) in [5.41, 5.74) is 2.25. The van der Waals surface area contributed by atoms with E-state index in [4.69, 9.17) is 9.68 Å². The molecule has 7 heteroatoms. The molecule has 2 heterocycles. The van der Waals surface area contributed by atoms with Crippen LogP contribution in [0, 0.1) is 11.3 Å². The van der Waals surface area contributed by atoms with E-state index in [1.807, 2.05) is 30.3 Å². The van der Waals surface area contributed by atoms with Crippen LogP contribution in [0.15, 0.2) is 91.6 Å². The second kappa shape index (κ2) is 7.67. The lowest BCUT2D eigenvalue weighted by atomic mass is 10.2. The maximum Gasteiger partial charge on any atom is 0.282 e. The minimum atomic E-state index is -0.299. The largest absolute Gasteiger partial charge is 0.453 e. The number of fused-ring (bicyclic) bond motifs is 2. The molecule has 0 saturated heterocycles. The van der Waals surface area contributed by atoms with Crippen molar-refractivity contribution in [3.8, 4) is 17.7 Å². The Morgan fingerprint density at radius 2 is 1.87 bits per heavy atom. The number of hydrogen-bond acceptors (Lipinski definition) is 5. The van der Waals surface area contributed by atoms with Gasteiger partial charge in [-0.15, -0.1) is 0 Å². The zero-order chi connectivity index (χ0) is 21.4. The Hall–Kier alpha value is -4.02. The van der Waals surface area contributed by atoms with Crippen LogP contribution in [0.3, 0.4) is 0 Å². The van der Waals surface area contributed by atoms with Gasteiger partial charge in [-0.2, -0.15) is 15.0 Å². The van der Waals surface area contributed by atoms with Gasteiger partial charge in [0.1, 0.15) is 5.58 Å². The van der Waals surface area contributed by atoms with Crippen LogP contribution >= 0.6 is 15.9 Å². The molecule has 31 heavy (non-hydrogen) atoms. The Balaban J connectivity index is 1.71. The normalized spacial score (nSPS) is 11.4. The Morgan fingerprint density at radius 1 is 1.06 bits per heavy atom. The van der Waals surface area contributed by atoms with Crippen LogP contribution in [0.1, 0.15) is 11.1 Å². The fourth-order valence-corrected chi connectivity index (χ4v) is 3.66. The first-order chi connectivity index (χ1) is 15.1. The third-order valence-electron chi connectivity index (χ3n) is 4.81. The maximum absolute atomic E-state index is 13.2. The van der Waals surface area contributed by atoms with E-state index in [2.05, 4.69) is 32.1 Å². The Bertz CT molecular complexity index is 1570. The molecule has 148 valence electrons. The Morgan fingerprint density at radius 3 is 2.68 bits per heavy atom. The van der Waals surface area contributed by atoms with Crippen molar-refractivity contribution in [2.45, 2.75) is 0 Å². The summed E-state index contributed by atoms with van der Waals surface area (Å²) in [5, 5.41) is 14.7. The number of benzene rings is 3. The van der Waals surface area contributed by atoms with Crippen molar-refractivity contribution in [2.24, 2.45) is 5.10 Å². The molecule has 0 bridgehead atoms. The van der Waals surface area contributed by atoms with E-state index in [0.29, 0.717) is 33.6 Å². The molecule has 0 fully saturated rings. The second-order valence-electron chi connectivity index (χ2n) is 6.84. The molecule has 0 spiro atoms. The van der Waals surface area contributed by atoms with Gasteiger partial charge < -0.3 is 4.42 Å².